The minimum Gasteiger partial charge on any atom is -0.325 e. The number of carbonyl (C=O) groups excluding carboxylic acids is 1. The SMILES string of the molecule is CCCN(C)C(=O)N(OC)S(=O)(=O)c1ccc(Cl)cc1. The van der Waals surface area contributed by atoms with Gasteiger partial charge in [-0.2, -0.15) is 8.42 Å². The van der Waals surface area contributed by atoms with E-state index in [0.717, 1.165) is 7.11 Å². The summed E-state index contributed by atoms with van der Waals surface area (Å²) in [5.74, 6) is 0. The maximum Gasteiger partial charge on any atom is 0.358 e. The highest BCUT2D eigenvalue weighted by Crippen LogP contribution is 2.19. The van der Waals surface area contributed by atoms with Crippen molar-refractivity contribution in [2.45, 2.75) is 18.2 Å². The highest BCUT2D eigenvalue weighted by atomic mass is 35.5. The predicted octanol–water partition coefficient (Wildman–Crippen LogP) is 2.35. The Labute approximate surface area is 123 Å². The molecule has 6 nitrogen and oxygen atoms in total. The van der Waals surface area contributed by atoms with Gasteiger partial charge in [-0.1, -0.05) is 23.0 Å². The van der Waals surface area contributed by atoms with Gasteiger partial charge < -0.3 is 4.90 Å². The van der Waals surface area contributed by atoms with E-state index in [-0.39, 0.29) is 4.90 Å². The zero-order valence-electron chi connectivity index (χ0n) is 11.5. The Morgan fingerprint density at radius 2 is 1.85 bits per heavy atom. The van der Waals surface area contributed by atoms with E-state index in [2.05, 4.69) is 0 Å². The highest BCUT2D eigenvalue weighted by Gasteiger charge is 2.31. The zero-order valence-corrected chi connectivity index (χ0v) is 13.1. The lowest BCUT2D eigenvalue weighted by Crippen LogP contribution is -2.44. The first-order chi connectivity index (χ1) is 9.34. The smallest absolute Gasteiger partial charge is 0.325 e. The number of nitrogens with zero attached hydrogens (tertiary/aromatic N) is 2. The molecule has 0 atom stereocenters. The number of sulfonamides is 1. The molecule has 0 aliphatic heterocycles. The van der Waals surface area contributed by atoms with E-state index < -0.39 is 16.1 Å². The average Bonchev–Trinajstić information content (AvgIpc) is 2.39. The first-order valence-electron chi connectivity index (χ1n) is 5.94. The minimum absolute atomic E-state index is 0.0676. The first-order valence-corrected chi connectivity index (χ1v) is 7.76. The van der Waals surface area contributed by atoms with Crippen molar-refractivity contribution in [2.24, 2.45) is 0 Å². The van der Waals surface area contributed by atoms with Crippen LogP contribution in [-0.4, -0.2) is 44.5 Å². The van der Waals surface area contributed by atoms with Crippen LogP contribution < -0.4 is 0 Å². The summed E-state index contributed by atoms with van der Waals surface area (Å²) in [6.45, 7) is 2.31. The molecule has 0 aromatic heterocycles. The van der Waals surface area contributed by atoms with Crippen molar-refractivity contribution < 1.29 is 18.0 Å². The van der Waals surface area contributed by atoms with Gasteiger partial charge >= 0.3 is 6.03 Å². The summed E-state index contributed by atoms with van der Waals surface area (Å²) < 4.78 is 25.0. The summed E-state index contributed by atoms with van der Waals surface area (Å²) in [7, 11) is -1.43. The number of urea groups is 1. The summed E-state index contributed by atoms with van der Waals surface area (Å²) in [5, 5.41) is 0.405. The third-order valence-electron chi connectivity index (χ3n) is 2.54. The summed E-state index contributed by atoms with van der Waals surface area (Å²) in [4.78, 5) is 18.0. The normalized spacial score (nSPS) is 11.2. The van der Waals surface area contributed by atoms with Crippen LogP contribution in [0.1, 0.15) is 13.3 Å². The van der Waals surface area contributed by atoms with E-state index in [1.807, 2.05) is 6.92 Å². The molecule has 8 heteroatoms. The topological polar surface area (TPSA) is 66.9 Å². The van der Waals surface area contributed by atoms with Gasteiger partial charge in [-0.3, -0.25) is 4.84 Å². The number of hydroxylamine groups is 1. The van der Waals surface area contributed by atoms with E-state index in [9.17, 15) is 13.2 Å². The molecule has 2 amide bonds. The maximum absolute atomic E-state index is 12.3. The Balaban J connectivity index is 3.10. The van der Waals surface area contributed by atoms with E-state index in [4.69, 9.17) is 16.4 Å². The lowest BCUT2D eigenvalue weighted by molar-refractivity contribution is -0.0217. The van der Waals surface area contributed by atoms with Crippen LogP contribution in [0.25, 0.3) is 0 Å². The molecule has 0 aliphatic rings. The third kappa shape index (κ3) is 3.62. The van der Waals surface area contributed by atoms with Gasteiger partial charge in [0.25, 0.3) is 10.0 Å². The number of hydrogen-bond donors (Lipinski definition) is 0. The molecule has 20 heavy (non-hydrogen) atoms. The second kappa shape index (κ2) is 6.92. The molecule has 1 aromatic rings. The molecular weight excluding hydrogens is 304 g/mol. The largest absolute Gasteiger partial charge is 0.358 e. The minimum atomic E-state index is -4.07. The van der Waals surface area contributed by atoms with Crippen molar-refractivity contribution in [3.63, 3.8) is 0 Å². The monoisotopic (exact) mass is 320 g/mol. The predicted molar refractivity (Wildman–Crippen MR) is 75.8 cm³/mol. The summed E-state index contributed by atoms with van der Waals surface area (Å²) in [6, 6.07) is 4.75. The van der Waals surface area contributed by atoms with Crippen LogP contribution in [0.3, 0.4) is 0 Å². The second-order valence-electron chi connectivity index (χ2n) is 4.07. The van der Waals surface area contributed by atoms with Crippen LogP contribution >= 0.6 is 11.6 Å². The molecular formula is C12H17ClN2O4S. The van der Waals surface area contributed by atoms with E-state index >= 15 is 0 Å². The van der Waals surface area contributed by atoms with Crippen LogP contribution in [0.15, 0.2) is 29.2 Å². The number of amides is 2. The maximum atomic E-state index is 12.3. The molecule has 112 valence electrons. The molecule has 0 heterocycles. The Bertz CT molecular complexity index is 559. The molecule has 1 rings (SSSR count). The van der Waals surface area contributed by atoms with Crippen molar-refractivity contribution in [1.29, 1.82) is 0 Å². The van der Waals surface area contributed by atoms with Crippen molar-refractivity contribution in [1.82, 2.24) is 9.37 Å². The third-order valence-corrected chi connectivity index (χ3v) is 4.40. The van der Waals surface area contributed by atoms with Crippen LogP contribution in [0.4, 0.5) is 4.79 Å². The van der Waals surface area contributed by atoms with Gasteiger partial charge in [0, 0.05) is 18.6 Å². The summed E-state index contributed by atoms with van der Waals surface area (Å²) in [6.07, 6.45) is 0.709. The molecule has 1 aromatic carbocycles. The summed E-state index contributed by atoms with van der Waals surface area (Å²) >= 11 is 5.71. The number of hydrogen-bond acceptors (Lipinski definition) is 4. The van der Waals surface area contributed by atoms with Gasteiger partial charge in [0.2, 0.25) is 0 Å². The fourth-order valence-corrected chi connectivity index (χ4v) is 2.89. The van der Waals surface area contributed by atoms with Gasteiger partial charge in [0.05, 0.1) is 12.0 Å². The fraction of sp³-hybridized carbons (Fsp3) is 0.417. The zero-order chi connectivity index (χ0) is 15.3. The fourth-order valence-electron chi connectivity index (χ4n) is 1.55. The lowest BCUT2D eigenvalue weighted by atomic mass is 10.4. The molecule has 0 radical (unpaired) electrons. The Kier molecular flexibility index (Phi) is 5.79. The Morgan fingerprint density at radius 1 is 1.30 bits per heavy atom. The molecule has 0 saturated carbocycles. The van der Waals surface area contributed by atoms with Crippen LogP contribution in [0.5, 0.6) is 0 Å². The van der Waals surface area contributed by atoms with E-state index in [1.54, 1.807) is 0 Å². The number of rotatable bonds is 5. The van der Waals surface area contributed by atoms with Gasteiger partial charge in [-0.15, -0.1) is 0 Å². The Hall–Kier alpha value is -1.31. The van der Waals surface area contributed by atoms with E-state index in [1.165, 1.54) is 36.2 Å². The number of benzene rings is 1. The lowest BCUT2D eigenvalue weighted by Gasteiger charge is -2.25. The molecule has 0 aliphatic carbocycles. The molecule has 0 bridgehead atoms. The van der Waals surface area contributed by atoms with Crippen molar-refractivity contribution >= 4 is 27.7 Å². The second-order valence-corrected chi connectivity index (χ2v) is 6.26. The highest BCUT2D eigenvalue weighted by molar-refractivity contribution is 7.89. The average molecular weight is 321 g/mol. The van der Waals surface area contributed by atoms with Crippen molar-refractivity contribution in [3.8, 4) is 0 Å². The van der Waals surface area contributed by atoms with E-state index in [0.29, 0.717) is 22.5 Å². The van der Waals surface area contributed by atoms with Gasteiger partial charge in [0.1, 0.15) is 0 Å². The molecule has 0 unspecified atom stereocenters. The summed E-state index contributed by atoms with van der Waals surface area (Å²) in [5.41, 5.74) is 0. The van der Waals surface area contributed by atoms with Crippen molar-refractivity contribution in [2.75, 3.05) is 20.7 Å². The standard InChI is InChI=1S/C12H17ClN2O4S/c1-4-9-14(2)12(16)15(19-3)20(17,18)11-7-5-10(13)6-8-11/h5-8H,4,9H2,1-3H3. The van der Waals surface area contributed by atoms with Crippen LogP contribution in [0, 0.1) is 0 Å². The Morgan fingerprint density at radius 3 is 2.30 bits per heavy atom. The first kappa shape index (κ1) is 16.7. The molecule has 0 fully saturated rings. The molecule has 0 spiro atoms. The van der Waals surface area contributed by atoms with Crippen LogP contribution in [0.2, 0.25) is 5.02 Å². The number of carbonyl (C=O) groups is 1. The van der Waals surface area contributed by atoms with Gasteiger partial charge in [0.15, 0.2) is 0 Å². The van der Waals surface area contributed by atoms with Gasteiger partial charge in [-0.25, -0.2) is 4.79 Å². The van der Waals surface area contributed by atoms with Crippen LogP contribution in [-0.2, 0) is 14.9 Å². The van der Waals surface area contributed by atoms with Crippen molar-refractivity contribution in [3.05, 3.63) is 29.3 Å². The van der Waals surface area contributed by atoms with Gasteiger partial charge in [-0.05, 0) is 30.7 Å². The molecule has 0 N–H and O–H groups in total. The quantitative estimate of drug-likeness (QED) is 0.781. The number of halogens is 1. The molecule has 0 saturated heterocycles.